The Morgan fingerprint density at radius 2 is 2.10 bits per heavy atom. The number of hydrogen-bond donors (Lipinski definition) is 1. The van der Waals surface area contributed by atoms with E-state index in [9.17, 15) is 13.6 Å². The summed E-state index contributed by atoms with van der Waals surface area (Å²) in [5.74, 6) is -1.03. The fraction of sp³-hybridized carbons (Fsp3) is 0.318. The lowest BCUT2D eigenvalue weighted by molar-refractivity contribution is -0.121. The van der Waals surface area contributed by atoms with Gasteiger partial charge in [-0.25, -0.2) is 8.78 Å². The zero-order valence-corrected chi connectivity index (χ0v) is 16.6. The van der Waals surface area contributed by atoms with Gasteiger partial charge in [0, 0.05) is 18.2 Å². The lowest BCUT2D eigenvalue weighted by Gasteiger charge is -2.30. The van der Waals surface area contributed by atoms with Gasteiger partial charge in [-0.15, -0.1) is 0 Å². The molecule has 0 radical (unpaired) electrons. The van der Waals surface area contributed by atoms with Gasteiger partial charge in [0.2, 0.25) is 17.6 Å². The molecule has 4 rings (SSSR count). The van der Waals surface area contributed by atoms with Crippen molar-refractivity contribution in [2.24, 2.45) is 5.92 Å². The molecule has 1 N–H and O–H groups in total. The van der Waals surface area contributed by atoms with Crippen molar-refractivity contribution < 1.29 is 18.1 Å². The third-order valence-corrected chi connectivity index (χ3v) is 5.28. The van der Waals surface area contributed by atoms with E-state index >= 15 is 0 Å². The Balaban J connectivity index is 1.38. The number of aryl methyl sites for hydroxylation is 1. The number of rotatable bonds is 5. The van der Waals surface area contributed by atoms with Crippen LogP contribution in [0.25, 0.3) is 11.4 Å². The summed E-state index contributed by atoms with van der Waals surface area (Å²) in [5.41, 5.74) is 1.97. The molecule has 8 heteroatoms. The quantitative estimate of drug-likeness (QED) is 0.681. The average molecular weight is 412 g/mol. The minimum absolute atomic E-state index is 0.0155. The fourth-order valence-corrected chi connectivity index (χ4v) is 3.68. The maximum Gasteiger partial charge on any atom is 0.241 e. The molecule has 1 aliphatic rings. The first-order valence-corrected chi connectivity index (χ1v) is 9.86. The van der Waals surface area contributed by atoms with Crippen molar-refractivity contribution in [1.82, 2.24) is 15.0 Å². The van der Waals surface area contributed by atoms with Crippen molar-refractivity contribution in [3.05, 3.63) is 65.6 Å². The molecule has 2 aromatic carbocycles. The first kappa shape index (κ1) is 20.2. The maximum absolute atomic E-state index is 13.8. The number of carbonyl (C=O) groups is 1. The molecule has 1 aromatic heterocycles. The zero-order valence-electron chi connectivity index (χ0n) is 16.6. The highest BCUT2D eigenvalue weighted by Crippen LogP contribution is 2.23. The van der Waals surface area contributed by atoms with Crippen LogP contribution < -0.4 is 5.32 Å². The molecule has 0 saturated carbocycles. The molecule has 1 atom stereocenters. The molecular formula is C22H22F2N4O2. The van der Waals surface area contributed by atoms with Crippen LogP contribution in [0.2, 0.25) is 0 Å². The van der Waals surface area contributed by atoms with Gasteiger partial charge in [-0.3, -0.25) is 9.69 Å². The third kappa shape index (κ3) is 4.54. The van der Waals surface area contributed by atoms with E-state index in [2.05, 4.69) is 20.4 Å². The summed E-state index contributed by atoms with van der Waals surface area (Å²) in [6.07, 6.45) is 1.52. The molecule has 3 aromatic rings. The van der Waals surface area contributed by atoms with Crippen molar-refractivity contribution in [3.8, 4) is 11.4 Å². The molecule has 0 bridgehead atoms. The second-order valence-corrected chi connectivity index (χ2v) is 7.51. The molecule has 156 valence electrons. The van der Waals surface area contributed by atoms with Crippen molar-refractivity contribution in [2.45, 2.75) is 26.3 Å². The van der Waals surface area contributed by atoms with Crippen molar-refractivity contribution in [1.29, 1.82) is 0 Å². The highest BCUT2D eigenvalue weighted by Gasteiger charge is 2.27. The summed E-state index contributed by atoms with van der Waals surface area (Å²) >= 11 is 0. The normalized spacial score (nSPS) is 17.1. The van der Waals surface area contributed by atoms with Crippen molar-refractivity contribution in [2.75, 3.05) is 18.4 Å². The van der Waals surface area contributed by atoms with Gasteiger partial charge in [0.25, 0.3) is 0 Å². The number of likely N-dealkylation sites (tertiary alicyclic amines) is 1. The van der Waals surface area contributed by atoms with Gasteiger partial charge in [0.05, 0.1) is 18.2 Å². The molecule has 0 aliphatic carbocycles. The molecule has 1 saturated heterocycles. The van der Waals surface area contributed by atoms with Crippen molar-refractivity contribution in [3.63, 3.8) is 0 Å². The summed E-state index contributed by atoms with van der Waals surface area (Å²) in [6, 6.07) is 10.9. The number of anilines is 1. The van der Waals surface area contributed by atoms with E-state index in [-0.39, 0.29) is 17.5 Å². The molecule has 30 heavy (non-hydrogen) atoms. The Hall–Kier alpha value is -3.13. The van der Waals surface area contributed by atoms with E-state index < -0.39 is 11.6 Å². The monoisotopic (exact) mass is 412 g/mol. The number of piperidine rings is 1. The van der Waals surface area contributed by atoms with Gasteiger partial charge >= 0.3 is 0 Å². The van der Waals surface area contributed by atoms with Crippen LogP contribution >= 0.6 is 0 Å². The molecule has 6 nitrogen and oxygen atoms in total. The number of amides is 1. The van der Waals surface area contributed by atoms with E-state index in [4.69, 9.17) is 4.52 Å². The molecule has 0 spiro atoms. The maximum atomic E-state index is 13.8. The highest BCUT2D eigenvalue weighted by atomic mass is 19.1. The van der Waals surface area contributed by atoms with Crippen LogP contribution in [0.3, 0.4) is 0 Å². The smallest absolute Gasteiger partial charge is 0.241 e. The van der Waals surface area contributed by atoms with Crippen LogP contribution in [0, 0.1) is 24.5 Å². The predicted octanol–water partition coefficient (Wildman–Crippen LogP) is 4.17. The Bertz CT molecular complexity index is 1050. The second kappa shape index (κ2) is 8.71. The molecule has 1 aliphatic heterocycles. The van der Waals surface area contributed by atoms with Crippen LogP contribution in [-0.4, -0.2) is 34.0 Å². The predicted molar refractivity (Wildman–Crippen MR) is 107 cm³/mol. The fourth-order valence-electron chi connectivity index (χ4n) is 3.68. The van der Waals surface area contributed by atoms with E-state index in [1.54, 1.807) is 0 Å². The van der Waals surface area contributed by atoms with E-state index in [1.165, 1.54) is 6.07 Å². The minimum atomic E-state index is -0.786. The standard InChI is InChI=1S/C22H22F2N4O2/c1-14-5-2-3-7-17(14)21-26-20(30-27-21)13-28-10-4-6-15(12-28)22(29)25-19-9-8-16(23)11-18(19)24/h2-3,5,7-9,11,15H,4,6,10,12-13H2,1H3,(H,25,29). The van der Waals surface area contributed by atoms with Gasteiger partial charge in [0.1, 0.15) is 11.6 Å². The lowest BCUT2D eigenvalue weighted by Crippen LogP contribution is -2.40. The number of aromatic nitrogens is 2. The molecule has 1 fully saturated rings. The third-order valence-electron chi connectivity index (χ3n) is 5.28. The average Bonchev–Trinajstić information content (AvgIpc) is 3.19. The van der Waals surface area contributed by atoms with Crippen LogP contribution in [0.1, 0.15) is 24.3 Å². The Labute approximate surface area is 172 Å². The van der Waals surface area contributed by atoms with Crippen LogP contribution in [-0.2, 0) is 11.3 Å². The molecule has 1 unspecified atom stereocenters. The van der Waals surface area contributed by atoms with Gasteiger partial charge in [-0.05, 0) is 44.0 Å². The highest BCUT2D eigenvalue weighted by molar-refractivity contribution is 5.92. The number of benzene rings is 2. The first-order chi connectivity index (χ1) is 14.5. The van der Waals surface area contributed by atoms with Crippen LogP contribution in [0.5, 0.6) is 0 Å². The van der Waals surface area contributed by atoms with E-state index in [0.717, 1.165) is 36.2 Å². The van der Waals surface area contributed by atoms with Crippen molar-refractivity contribution >= 4 is 11.6 Å². The molecule has 1 amide bonds. The topological polar surface area (TPSA) is 71.3 Å². The summed E-state index contributed by atoms with van der Waals surface area (Å²) in [4.78, 5) is 19.1. The largest absolute Gasteiger partial charge is 0.338 e. The van der Waals surface area contributed by atoms with Crippen LogP contribution in [0.4, 0.5) is 14.5 Å². The summed E-state index contributed by atoms with van der Waals surface area (Å²) < 4.78 is 32.3. The zero-order chi connectivity index (χ0) is 21.1. The Kier molecular flexibility index (Phi) is 5.85. The van der Waals surface area contributed by atoms with E-state index in [0.29, 0.717) is 31.2 Å². The van der Waals surface area contributed by atoms with Gasteiger partial charge in [0.15, 0.2) is 0 Å². The van der Waals surface area contributed by atoms with E-state index in [1.807, 2.05) is 31.2 Å². The van der Waals surface area contributed by atoms with Gasteiger partial charge < -0.3 is 9.84 Å². The number of nitrogens with zero attached hydrogens (tertiary/aromatic N) is 3. The second-order valence-electron chi connectivity index (χ2n) is 7.51. The number of halogens is 2. The number of nitrogens with one attached hydrogen (secondary N) is 1. The SMILES string of the molecule is Cc1ccccc1-c1noc(CN2CCCC(C(=O)Nc3ccc(F)cc3F)C2)n1. The molecular weight excluding hydrogens is 390 g/mol. The Morgan fingerprint density at radius 1 is 1.27 bits per heavy atom. The number of hydrogen-bond acceptors (Lipinski definition) is 5. The van der Waals surface area contributed by atoms with Gasteiger partial charge in [-0.2, -0.15) is 4.98 Å². The van der Waals surface area contributed by atoms with Gasteiger partial charge in [-0.1, -0.05) is 29.4 Å². The van der Waals surface area contributed by atoms with Crippen LogP contribution in [0.15, 0.2) is 47.0 Å². The minimum Gasteiger partial charge on any atom is -0.338 e. The number of carbonyl (C=O) groups excluding carboxylic acids is 1. The first-order valence-electron chi connectivity index (χ1n) is 9.86. The summed E-state index contributed by atoms with van der Waals surface area (Å²) in [6.45, 7) is 3.73. The Morgan fingerprint density at radius 3 is 2.90 bits per heavy atom. The molecule has 2 heterocycles. The summed E-state index contributed by atoms with van der Waals surface area (Å²) in [5, 5.41) is 6.64. The summed E-state index contributed by atoms with van der Waals surface area (Å²) in [7, 11) is 0. The lowest BCUT2D eigenvalue weighted by atomic mass is 9.97.